The number of hydrogen-bond acceptors (Lipinski definition) is 6. The molecule has 2 aromatic carbocycles. The van der Waals surface area contributed by atoms with Crippen molar-refractivity contribution in [3.63, 3.8) is 0 Å². The van der Waals surface area contributed by atoms with E-state index in [1.807, 2.05) is 26.0 Å². The Morgan fingerprint density at radius 3 is 2.51 bits per heavy atom. The number of carbonyl (C=O) groups excluding carboxylic acids is 1. The molecule has 0 spiro atoms. The Balaban J connectivity index is 1.31. The van der Waals surface area contributed by atoms with E-state index in [1.54, 1.807) is 42.5 Å². The Labute approximate surface area is 244 Å². The molecule has 5 aromatic rings. The molecule has 1 saturated carbocycles. The summed E-state index contributed by atoms with van der Waals surface area (Å²) in [5, 5.41) is 13.9. The lowest BCUT2D eigenvalue weighted by atomic mass is 9.92. The van der Waals surface area contributed by atoms with Gasteiger partial charge in [-0.2, -0.15) is 5.10 Å². The Bertz CT molecular complexity index is 1940. The van der Waals surface area contributed by atoms with E-state index in [0.29, 0.717) is 34.6 Å². The van der Waals surface area contributed by atoms with Gasteiger partial charge in [-0.3, -0.25) is 9.59 Å². The number of benzene rings is 2. The molecule has 216 valence electrons. The fourth-order valence-electron chi connectivity index (χ4n) is 5.98. The van der Waals surface area contributed by atoms with Gasteiger partial charge in [0.15, 0.2) is 5.65 Å². The highest BCUT2D eigenvalue weighted by atomic mass is 19.1. The number of aliphatic carboxylic acids is 1. The maximum Gasteiger partial charge on any atom is 0.307 e. The number of hydrogen-bond donors (Lipinski definition) is 1. The first kappa shape index (κ1) is 26.8. The van der Waals surface area contributed by atoms with Crippen molar-refractivity contribution in [2.24, 2.45) is 5.92 Å². The third-order valence-electron chi connectivity index (χ3n) is 8.39. The molecule has 2 aliphatic rings. The molecule has 4 heterocycles. The summed E-state index contributed by atoms with van der Waals surface area (Å²) in [7, 11) is 0. The number of aryl methyl sites for hydroxylation is 1. The second-order valence-electron chi connectivity index (χ2n) is 11.1. The predicted molar refractivity (Wildman–Crippen MR) is 152 cm³/mol. The fourth-order valence-corrected chi connectivity index (χ4v) is 5.98. The van der Waals surface area contributed by atoms with Crippen LogP contribution in [-0.4, -0.2) is 53.0 Å². The molecule has 11 heteroatoms. The molecule has 1 aliphatic carbocycles. The van der Waals surface area contributed by atoms with Crippen LogP contribution in [0.5, 0.6) is 0 Å². The summed E-state index contributed by atoms with van der Waals surface area (Å²) < 4.78 is 32.0. The Morgan fingerprint density at radius 2 is 1.79 bits per heavy atom. The predicted octanol–water partition coefficient (Wildman–Crippen LogP) is 5.72. The van der Waals surface area contributed by atoms with E-state index in [9.17, 15) is 14.7 Å². The smallest absolute Gasteiger partial charge is 0.307 e. The minimum Gasteiger partial charge on any atom is -0.481 e. The Morgan fingerprint density at radius 1 is 1.00 bits per heavy atom. The standard InChI is InChI=1S/C32H26F2N6O3/c1-16-9-27(36-15-35-16)29-12-28(31(41)39-14-25(34)20-6-4-3-5-19(20)17(39)2)37-30-13-26(38-40(29)30)21-8-7-18(10-24(21)33)22-11-23(22)32(42)43/h3-10,12-13,15,17,22-23,25H,11,14H2,1-2H3,(H,42,43)/t17-,22-,23+,25+/m1/s1. The SMILES string of the molecule is Cc1cc(-c2cc(C(=O)N3C[C@H](F)c4ccccc4[C@H]3C)nc3cc(-c4ccc([C@H]5C[C@@H]5C(=O)O)cc4F)nn23)ncn1. The highest BCUT2D eigenvalue weighted by Crippen LogP contribution is 2.48. The third kappa shape index (κ3) is 4.61. The Hall–Kier alpha value is -5.06. The molecular formula is C32H26F2N6O3. The van der Waals surface area contributed by atoms with E-state index in [0.717, 1.165) is 5.56 Å². The van der Waals surface area contributed by atoms with Crippen LogP contribution in [0.25, 0.3) is 28.3 Å². The molecule has 1 N–H and O–H groups in total. The summed E-state index contributed by atoms with van der Waals surface area (Å²) in [5.41, 5.74) is 4.41. The van der Waals surface area contributed by atoms with Crippen LogP contribution in [-0.2, 0) is 4.79 Å². The molecule has 0 bridgehead atoms. The molecule has 9 nitrogen and oxygen atoms in total. The van der Waals surface area contributed by atoms with Crippen molar-refractivity contribution in [1.29, 1.82) is 0 Å². The maximum absolute atomic E-state index is 15.4. The highest BCUT2D eigenvalue weighted by molar-refractivity contribution is 5.94. The van der Waals surface area contributed by atoms with Crippen molar-refractivity contribution in [3.8, 4) is 22.6 Å². The first-order chi connectivity index (χ1) is 20.7. The van der Waals surface area contributed by atoms with Gasteiger partial charge in [-0.05, 0) is 67.1 Å². The summed E-state index contributed by atoms with van der Waals surface area (Å²) in [4.78, 5) is 39.8. The molecule has 1 fully saturated rings. The molecule has 7 rings (SSSR count). The molecule has 43 heavy (non-hydrogen) atoms. The molecule has 1 aliphatic heterocycles. The van der Waals surface area contributed by atoms with Gasteiger partial charge >= 0.3 is 5.97 Å². The molecule has 0 radical (unpaired) electrons. The average Bonchev–Trinajstić information content (AvgIpc) is 3.70. The van der Waals surface area contributed by atoms with Gasteiger partial charge in [-0.15, -0.1) is 0 Å². The van der Waals surface area contributed by atoms with Crippen molar-refractivity contribution < 1.29 is 23.5 Å². The van der Waals surface area contributed by atoms with Gasteiger partial charge in [0, 0.05) is 17.3 Å². The van der Waals surface area contributed by atoms with Crippen molar-refractivity contribution in [1.82, 2.24) is 29.5 Å². The minimum atomic E-state index is -1.34. The Kier molecular flexibility index (Phi) is 6.26. The number of carboxylic acid groups (broad SMARTS) is 1. The van der Waals surface area contributed by atoms with Crippen LogP contribution in [0.3, 0.4) is 0 Å². The normalized spacial score (nSPS) is 21.1. The second kappa shape index (κ2) is 10.0. The lowest BCUT2D eigenvalue weighted by Gasteiger charge is -2.36. The van der Waals surface area contributed by atoms with Crippen molar-refractivity contribution in [3.05, 3.63) is 101 Å². The summed E-state index contributed by atoms with van der Waals surface area (Å²) in [5.74, 6) is -2.58. The van der Waals surface area contributed by atoms with E-state index >= 15 is 8.78 Å². The van der Waals surface area contributed by atoms with Crippen LogP contribution >= 0.6 is 0 Å². The maximum atomic E-state index is 15.4. The number of fused-ring (bicyclic) bond motifs is 2. The minimum absolute atomic E-state index is 0.0768. The molecule has 0 saturated heterocycles. The largest absolute Gasteiger partial charge is 0.481 e. The number of carboxylic acids is 1. The molecule has 1 amide bonds. The number of halogens is 2. The topological polar surface area (TPSA) is 114 Å². The lowest BCUT2D eigenvalue weighted by molar-refractivity contribution is -0.138. The van der Waals surface area contributed by atoms with Crippen LogP contribution in [0.1, 0.15) is 64.3 Å². The van der Waals surface area contributed by atoms with Gasteiger partial charge < -0.3 is 10.0 Å². The summed E-state index contributed by atoms with van der Waals surface area (Å²) in [6.45, 7) is 3.56. The van der Waals surface area contributed by atoms with Gasteiger partial charge in [-0.1, -0.05) is 30.3 Å². The van der Waals surface area contributed by atoms with Crippen LogP contribution in [0, 0.1) is 18.7 Å². The summed E-state index contributed by atoms with van der Waals surface area (Å²) in [6.07, 6.45) is 0.550. The number of aromatic nitrogens is 5. The van der Waals surface area contributed by atoms with Crippen LogP contribution < -0.4 is 0 Å². The zero-order chi connectivity index (χ0) is 30.0. The number of alkyl halides is 1. The van der Waals surface area contributed by atoms with E-state index < -0.39 is 29.8 Å². The monoisotopic (exact) mass is 580 g/mol. The van der Waals surface area contributed by atoms with Crippen molar-refractivity contribution in [2.45, 2.75) is 38.4 Å². The number of carbonyl (C=O) groups is 2. The van der Waals surface area contributed by atoms with E-state index in [-0.39, 0.29) is 41.1 Å². The zero-order valence-electron chi connectivity index (χ0n) is 23.3. The average molecular weight is 581 g/mol. The zero-order valence-corrected chi connectivity index (χ0v) is 23.3. The van der Waals surface area contributed by atoms with Gasteiger partial charge in [0.05, 0.1) is 35.6 Å². The van der Waals surface area contributed by atoms with Crippen LogP contribution in [0.2, 0.25) is 0 Å². The highest BCUT2D eigenvalue weighted by Gasteiger charge is 2.44. The van der Waals surface area contributed by atoms with Crippen molar-refractivity contribution in [2.75, 3.05) is 6.54 Å². The van der Waals surface area contributed by atoms with Crippen LogP contribution in [0.15, 0.2) is 67.0 Å². The first-order valence-electron chi connectivity index (χ1n) is 14.0. The lowest BCUT2D eigenvalue weighted by Crippen LogP contribution is -2.40. The quantitative estimate of drug-likeness (QED) is 0.283. The van der Waals surface area contributed by atoms with Gasteiger partial charge in [0.1, 0.15) is 24.0 Å². The summed E-state index contributed by atoms with van der Waals surface area (Å²) in [6, 6.07) is 16.3. The second-order valence-corrected chi connectivity index (χ2v) is 11.1. The number of nitrogens with zero attached hydrogens (tertiary/aromatic N) is 6. The van der Waals surface area contributed by atoms with E-state index in [4.69, 9.17) is 0 Å². The molecule has 4 atom stereocenters. The van der Waals surface area contributed by atoms with E-state index in [2.05, 4.69) is 20.1 Å². The number of rotatable bonds is 5. The molecule has 3 aromatic heterocycles. The van der Waals surface area contributed by atoms with Gasteiger partial charge in [0.25, 0.3) is 5.91 Å². The van der Waals surface area contributed by atoms with Gasteiger partial charge in [0.2, 0.25) is 0 Å². The molecule has 0 unspecified atom stereocenters. The first-order valence-corrected chi connectivity index (χ1v) is 14.0. The molecular weight excluding hydrogens is 554 g/mol. The fraction of sp³-hybridized carbons (Fsp3) is 0.250. The van der Waals surface area contributed by atoms with E-state index in [1.165, 1.54) is 21.8 Å². The van der Waals surface area contributed by atoms with Crippen LogP contribution in [0.4, 0.5) is 8.78 Å². The van der Waals surface area contributed by atoms with Gasteiger partial charge in [-0.25, -0.2) is 28.2 Å². The third-order valence-corrected chi connectivity index (χ3v) is 8.39. The van der Waals surface area contributed by atoms with Crippen molar-refractivity contribution >= 4 is 17.5 Å². The summed E-state index contributed by atoms with van der Waals surface area (Å²) >= 11 is 0. The number of amides is 1.